The molecule has 10 heteroatoms. The molecular weight excluding hydrogens is 508 g/mol. The molecule has 1 aromatic heterocycles. The lowest BCUT2D eigenvalue weighted by atomic mass is 10.1. The van der Waals surface area contributed by atoms with Crippen molar-refractivity contribution in [2.75, 3.05) is 45.7 Å². The second-order valence-corrected chi connectivity index (χ2v) is 11.7. The van der Waals surface area contributed by atoms with Gasteiger partial charge in [-0.05, 0) is 44.0 Å². The van der Waals surface area contributed by atoms with E-state index >= 15 is 0 Å². The largest absolute Gasteiger partial charge is 0.456 e. The fourth-order valence-electron chi connectivity index (χ4n) is 7.02. The molecular formula is C30H40N6O4. The number of hydrogen-bond acceptors (Lipinski definition) is 9. The van der Waals surface area contributed by atoms with Crippen LogP contribution in [0.4, 0.5) is 5.82 Å². The number of aromatic nitrogens is 2. The van der Waals surface area contributed by atoms with Gasteiger partial charge in [0.05, 0.1) is 23.9 Å². The van der Waals surface area contributed by atoms with Crippen molar-refractivity contribution in [1.29, 1.82) is 0 Å². The number of anilines is 1. The number of benzene rings is 1. The lowest BCUT2D eigenvalue weighted by Gasteiger charge is -2.30. The van der Waals surface area contributed by atoms with Crippen molar-refractivity contribution in [1.82, 2.24) is 24.7 Å². The molecule has 6 atom stereocenters. The highest BCUT2D eigenvalue weighted by atomic mass is 16.5. The Balaban J connectivity index is 1.33. The fraction of sp³-hybridized carbons (Fsp3) is 0.567. The van der Waals surface area contributed by atoms with Crippen molar-refractivity contribution in [3.63, 3.8) is 0 Å². The maximum atomic E-state index is 12.5. The summed E-state index contributed by atoms with van der Waals surface area (Å²) in [6.07, 6.45) is 2.49. The molecule has 10 nitrogen and oxygen atoms in total. The van der Waals surface area contributed by atoms with Crippen LogP contribution < -0.4 is 9.64 Å². The molecule has 0 spiro atoms. The second-order valence-electron chi connectivity index (χ2n) is 11.7. The first-order valence-electron chi connectivity index (χ1n) is 14.2. The van der Waals surface area contributed by atoms with E-state index in [0.29, 0.717) is 25.1 Å². The van der Waals surface area contributed by atoms with E-state index in [0.717, 1.165) is 49.6 Å². The predicted octanol–water partition coefficient (Wildman–Crippen LogP) is 1.77. The molecule has 2 saturated heterocycles. The van der Waals surface area contributed by atoms with Gasteiger partial charge in [-0.1, -0.05) is 30.8 Å². The van der Waals surface area contributed by atoms with Gasteiger partial charge in [0.25, 0.3) is 0 Å². The summed E-state index contributed by atoms with van der Waals surface area (Å²) in [6, 6.07) is 8.71. The van der Waals surface area contributed by atoms with Gasteiger partial charge in [0.1, 0.15) is 18.0 Å². The van der Waals surface area contributed by atoms with Crippen molar-refractivity contribution in [3.05, 3.63) is 59.3 Å². The molecule has 40 heavy (non-hydrogen) atoms. The number of carbonyl (C=O) groups excluding carboxylic acids is 1. The molecule has 0 saturated carbocycles. The van der Waals surface area contributed by atoms with Crippen LogP contribution in [0.25, 0.3) is 0 Å². The van der Waals surface area contributed by atoms with Gasteiger partial charge in [0, 0.05) is 58.5 Å². The van der Waals surface area contributed by atoms with Gasteiger partial charge in [-0.15, -0.1) is 0 Å². The lowest BCUT2D eigenvalue weighted by molar-refractivity contribution is -0.127. The molecule has 0 bridgehead atoms. The van der Waals surface area contributed by atoms with Crippen LogP contribution in [0.1, 0.15) is 41.8 Å². The maximum Gasteiger partial charge on any atom is 0.319 e. The molecule has 4 aliphatic rings. The summed E-state index contributed by atoms with van der Waals surface area (Å²) in [5.41, 5.74) is 4.82. The Kier molecular flexibility index (Phi) is 7.28. The van der Waals surface area contributed by atoms with Crippen molar-refractivity contribution >= 4 is 11.7 Å². The van der Waals surface area contributed by atoms with Crippen molar-refractivity contribution in [2.24, 2.45) is 0 Å². The van der Waals surface area contributed by atoms with Crippen LogP contribution in [0.2, 0.25) is 0 Å². The Morgan fingerprint density at radius 2 is 1.95 bits per heavy atom. The highest BCUT2D eigenvalue weighted by molar-refractivity contribution is 5.87. The van der Waals surface area contributed by atoms with Gasteiger partial charge in [-0.25, -0.2) is 0 Å². The van der Waals surface area contributed by atoms with Crippen LogP contribution in [0, 0.1) is 0 Å². The summed E-state index contributed by atoms with van der Waals surface area (Å²) >= 11 is 0. The predicted molar refractivity (Wildman–Crippen MR) is 151 cm³/mol. The Bertz CT molecular complexity index is 1290. The monoisotopic (exact) mass is 548 g/mol. The lowest BCUT2D eigenvalue weighted by Crippen LogP contribution is -2.43. The Labute approximate surface area is 236 Å². The number of aliphatic hydroxyl groups is 1. The van der Waals surface area contributed by atoms with Crippen LogP contribution in [-0.2, 0) is 29.0 Å². The molecule has 4 unspecified atom stereocenters. The zero-order valence-corrected chi connectivity index (χ0v) is 23.9. The van der Waals surface area contributed by atoms with E-state index in [2.05, 4.69) is 40.6 Å². The second kappa shape index (κ2) is 10.7. The third-order valence-corrected chi connectivity index (χ3v) is 9.32. The van der Waals surface area contributed by atoms with Crippen molar-refractivity contribution < 1.29 is 19.4 Å². The Morgan fingerprint density at radius 1 is 1.18 bits per heavy atom. The van der Waals surface area contributed by atoms with Crippen LogP contribution in [-0.4, -0.2) is 107 Å². The number of ether oxygens (including phenoxy) is 2. The first-order chi connectivity index (χ1) is 19.3. The molecule has 0 radical (unpaired) electrons. The Morgan fingerprint density at radius 3 is 2.73 bits per heavy atom. The molecule has 2 fully saturated rings. The normalized spacial score (nSPS) is 30.0. The minimum Gasteiger partial charge on any atom is -0.456 e. The maximum absolute atomic E-state index is 12.5. The summed E-state index contributed by atoms with van der Waals surface area (Å²) < 4.78 is 12.1. The van der Waals surface area contributed by atoms with Crippen LogP contribution in [0.3, 0.4) is 0 Å². The van der Waals surface area contributed by atoms with E-state index in [1.54, 1.807) is 12.0 Å². The molecule has 6 rings (SSSR count). The van der Waals surface area contributed by atoms with Crippen molar-refractivity contribution in [3.8, 4) is 6.01 Å². The van der Waals surface area contributed by atoms with E-state index in [9.17, 15) is 9.90 Å². The molecule has 1 N–H and O–H groups in total. The molecule has 214 valence electrons. The number of fused-ring (bicyclic) bond motifs is 2. The van der Waals surface area contributed by atoms with Crippen LogP contribution in [0.5, 0.6) is 6.01 Å². The number of carbonyl (C=O) groups is 1. The first kappa shape index (κ1) is 27.1. The first-order valence-corrected chi connectivity index (χ1v) is 14.2. The summed E-state index contributed by atoms with van der Waals surface area (Å²) in [6.45, 7) is 8.84. The minimum atomic E-state index is -0.732. The number of likely N-dealkylation sites (tertiary alicyclic amines) is 2. The summed E-state index contributed by atoms with van der Waals surface area (Å²) in [7, 11) is 5.71. The zero-order valence-electron chi connectivity index (χ0n) is 23.9. The molecule has 4 heterocycles. The van der Waals surface area contributed by atoms with Gasteiger partial charge in [-0.3, -0.25) is 14.6 Å². The van der Waals surface area contributed by atoms with Gasteiger partial charge < -0.3 is 24.4 Å². The van der Waals surface area contributed by atoms with Crippen LogP contribution >= 0.6 is 0 Å². The number of methoxy groups -OCH3 is 1. The number of likely N-dealkylation sites (N-methyl/N-ethyl adjacent to an activating group) is 2. The number of amides is 1. The molecule has 1 aliphatic carbocycles. The summed E-state index contributed by atoms with van der Waals surface area (Å²) in [5.74, 6) is 0.569. The SMILES string of the molecule is C=CC(=O)N1CC(N(C)c2nc(O[C@@H]3CN(C)C[C@H]3OC)nc3c2CN(C2CCc4ccccc42)C3)C(O)C1C. The zero-order chi connectivity index (χ0) is 28.1. The summed E-state index contributed by atoms with van der Waals surface area (Å²) in [4.78, 5) is 30.7. The molecule has 1 amide bonds. The van der Waals surface area contributed by atoms with Gasteiger partial charge in [0.2, 0.25) is 5.91 Å². The third kappa shape index (κ3) is 4.66. The number of aliphatic hydroxyl groups excluding tert-OH is 1. The highest BCUT2D eigenvalue weighted by Crippen LogP contribution is 2.42. The van der Waals surface area contributed by atoms with Gasteiger partial charge in [0.15, 0.2) is 0 Å². The van der Waals surface area contributed by atoms with Crippen LogP contribution in [0.15, 0.2) is 36.9 Å². The molecule has 1 aromatic carbocycles. The van der Waals surface area contributed by atoms with E-state index < -0.39 is 6.10 Å². The topological polar surface area (TPSA) is 94.5 Å². The van der Waals surface area contributed by atoms with Crippen molar-refractivity contribution in [2.45, 2.75) is 69.3 Å². The van der Waals surface area contributed by atoms with E-state index in [4.69, 9.17) is 19.4 Å². The summed E-state index contributed by atoms with van der Waals surface area (Å²) in [5, 5.41) is 11.2. The van der Waals surface area contributed by atoms with Gasteiger partial charge >= 0.3 is 6.01 Å². The smallest absolute Gasteiger partial charge is 0.319 e. The standard InChI is InChI=1S/C30H40N6O4/c1-6-27(37)36-15-24(28(38)18(36)2)34(4)29-21-13-35(23-12-11-19-9-7-8-10-20(19)23)14-22(21)31-30(32-29)40-26-17-33(3)16-25(26)39-5/h6-10,18,23-26,28,38H,1,11-17H2,2-5H3/t18?,23?,24?,25-,26-,28?/m1/s1. The quantitative estimate of drug-likeness (QED) is 0.520. The average molecular weight is 549 g/mol. The third-order valence-electron chi connectivity index (χ3n) is 9.32. The minimum absolute atomic E-state index is 0.0644. The number of hydrogen-bond donors (Lipinski definition) is 1. The van der Waals surface area contributed by atoms with Gasteiger partial charge in [-0.2, -0.15) is 9.97 Å². The van der Waals surface area contributed by atoms with E-state index in [-0.39, 0.29) is 30.2 Å². The highest BCUT2D eigenvalue weighted by Gasteiger charge is 2.44. The Hall–Kier alpha value is -3.05. The average Bonchev–Trinajstić information content (AvgIpc) is 3.72. The number of nitrogens with zero attached hydrogens (tertiary/aromatic N) is 6. The number of aryl methyl sites for hydroxylation is 1. The van der Waals surface area contributed by atoms with E-state index in [1.165, 1.54) is 17.2 Å². The van der Waals surface area contributed by atoms with E-state index in [1.807, 2.05) is 25.9 Å². The fourth-order valence-corrected chi connectivity index (χ4v) is 7.02. The molecule has 3 aliphatic heterocycles. The number of rotatable bonds is 7. The molecule has 2 aromatic rings.